The highest BCUT2D eigenvalue weighted by Crippen LogP contribution is 2.41. The number of anilines is 1. The molecule has 1 saturated carbocycles. The smallest absolute Gasteiger partial charge is 0.412 e. The number of aromatic nitrogens is 2. The van der Waals surface area contributed by atoms with Crippen molar-refractivity contribution in [2.24, 2.45) is 0 Å². The molecule has 134 valence electrons. The van der Waals surface area contributed by atoms with Gasteiger partial charge < -0.3 is 13.9 Å². The minimum atomic E-state index is -0.597. The first-order valence-electron chi connectivity index (χ1n) is 8.46. The Hall–Kier alpha value is -2.57. The number of amides is 1. The third kappa shape index (κ3) is 4.10. The van der Waals surface area contributed by atoms with E-state index in [9.17, 15) is 9.59 Å². The Balaban J connectivity index is 1.96. The number of carbonyl (C=O) groups is 2. The van der Waals surface area contributed by atoms with E-state index in [4.69, 9.17) is 9.47 Å². The van der Waals surface area contributed by atoms with Crippen LogP contribution in [0.5, 0.6) is 0 Å². The van der Waals surface area contributed by atoms with E-state index in [1.165, 1.54) is 0 Å². The molecule has 2 aromatic rings. The van der Waals surface area contributed by atoms with Crippen molar-refractivity contribution in [2.75, 3.05) is 11.9 Å². The zero-order chi connectivity index (χ0) is 18.2. The molecule has 0 atom stereocenters. The Morgan fingerprint density at radius 3 is 2.64 bits per heavy atom. The minimum Gasteiger partial charge on any atom is -0.461 e. The molecule has 25 heavy (non-hydrogen) atoms. The number of carbonyl (C=O) groups excluding carboxylic acids is 2. The van der Waals surface area contributed by atoms with Gasteiger partial charge in [-0.2, -0.15) is 0 Å². The molecule has 0 bridgehead atoms. The maximum Gasteiger partial charge on any atom is 0.412 e. The van der Waals surface area contributed by atoms with Gasteiger partial charge in [0.1, 0.15) is 5.60 Å². The van der Waals surface area contributed by atoms with Crippen LogP contribution in [0.25, 0.3) is 5.65 Å². The Kier molecular flexibility index (Phi) is 4.41. The molecule has 7 heteroatoms. The summed E-state index contributed by atoms with van der Waals surface area (Å²) in [5, 5.41) is 2.75. The van der Waals surface area contributed by atoms with E-state index >= 15 is 0 Å². The molecular weight excluding hydrogens is 322 g/mol. The number of pyridine rings is 1. The van der Waals surface area contributed by atoms with Gasteiger partial charge in [-0.15, -0.1) is 0 Å². The van der Waals surface area contributed by atoms with Crippen molar-refractivity contribution in [1.29, 1.82) is 0 Å². The molecule has 2 heterocycles. The molecule has 1 amide bonds. The van der Waals surface area contributed by atoms with Crippen LogP contribution in [-0.2, 0) is 9.47 Å². The lowest BCUT2D eigenvalue weighted by Gasteiger charge is -2.20. The Bertz CT molecular complexity index is 816. The average molecular weight is 345 g/mol. The Morgan fingerprint density at radius 1 is 1.32 bits per heavy atom. The number of hydrogen-bond acceptors (Lipinski definition) is 5. The molecule has 0 aliphatic heterocycles. The summed E-state index contributed by atoms with van der Waals surface area (Å²) in [5.74, 6) is -0.000537. The summed E-state index contributed by atoms with van der Waals surface area (Å²) >= 11 is 0. The van der Waals surface area contributed by atoms with Gasteiger partial charge in [0.25, 0.3) is 0 Å². The van der Waals surface area contributed by atoms with Crippen molar-refractivity contribution in [3.63, 3.8) is 0 Å². The molecule has 0 spiro atoms. The molecule has 0 saturated heterocycles. The van der Waals surface area contributed by atoms with Crippen LogP contribution in [0.2, 0.25) is 0 Å². The van der Waals surface area contributed by atoms with Gasteiger partial charge in [0.2, 0.25) is 0 Å². The van der Waals surface area contributed by atoms with Crippen LogP contribution in [0, 0.1) is 0 Å². The first-order chi connectivity index (χ1) is 11.8. The minimum absolute atomic E-state index is 0.210. The van der Waals surface area contributed by atoms with Crippen LogP contribution >= 0.6 is 0 Å². The second-order valence-corrected chi connectivity index (χ2v) is 7.17. The molecule has 1 aliphatic carbocycles. The number of esters is 1. The van der Waals surface area contributed by atoms with E-state index in [-0.39, 0.29) is 12.3 Å². The standard InChI is InChI=1S/C18H23N3O4/c1-5-24-16(22)14-10-21-9-12(11-6-7-11)8-13(15(21)19-14)20-17(23)25-18(2,3)4/h8-11H,5-7H2,1-4H3,(H,20,23). The van der Waals surface area contributed by atoms with E-state index in [1.54, 1.807) is 38.3 Å². The third-order valence-corrected chi connectivity index (χ3v) is 3.74. The molecule has 7 nitrogen and oxygen atoms in total. The summed E-state index contributed by atoms with van der Waals surface area (Å²) in [5.41, 5.74) is 1.72. The lowest BCUT2D eigenvalue weighted by Crippen LogP contribution is -2.27. The number of fused-ring (bicyclic) bond motifs is 1. The van der Waals surface area contributed by atoms with Crippen molar-refractivity contribution in [1.82, 2.24) is 9.38 Å². The number of rotatable bonds is 4. The van der Waals surface area contributed by atoms with Crippen LogP contribution in [0.4, 0.5) is 10.5 Å². The zero-order valence-corrected chi connectivity index (χ0v) is 15.0. The quantitative estimate of drug-likeness (QED) is 0.854. The van der Waals surface area contributed by atoms with E-state index in [1.807, 2.05) is 12.3 Å². The highest BCUT2D eigenvalue weighted by molar-refractivity contribution is 5.92. The van der Waals surface area contributed by atoms with Crippen molar-refractivity contribution in [2.45, 2.75) is 52.1 Å². The van der Waals surface area contributed by atoms with Gasteiger partial charge in [-0.1, -0.05) is 0 Å². The van der Waals surface area contributed by atoms with Gasteiger partial charge in [-0.3, -0.25) is 5.32 Å². The number of nitrogens with one attached hydrogen (secondary N) is 1. The number of ether oxygens (including phenoxy) is 2. The third-order valence-electron chi connectivity index (χ3n) is 3.74. The van der Waals surface area contributed by atoms with Crippen LogP contribution in [-0.4, -0.2) is 33.7 Å². The lowest BCUT2D eigenvalue weighted by molar-refractivity contribution is 0.0519. The van der Waals surface area contributed by atoms with Crippen LogP contribution in [0.1, 0.15) is 62.5 Å². The topological polar surface area (TPSA) is 81.9 Å². The number of imidazole rings is 1. The summed E-state index contributed by atoms with van der Waals surface area (Å²) < 4.78 is 12.1. The second kappa shape index (κ2) is 6.38. The van der Waals surface area contributed by atoms with Crippen molar-refractivity contribution in [3.8, 4) is 0 Å². The summed E-state index contributed by atoms with van der Waals surface area (Å²) in [6.07, 6.45) is 5.26. The molecule has 0 radical (unpaired) electrons. The van der Waals surface area contributed by atoms with Gasteiger partial charge in [0, 0.05) is 12.4 Å². The highest BCUT2D eigenvalue weighted by Gasteiger charge is 2.26. The zero-order valence-electron chi connectivity index (χ0n) is 15.0. The van der Waals surface area contributed by atoms with Gasteiger partial charge in [0.15, 0.2) is 11.3 Å². The first-order valence-corrected chi connectivity index (χ1v) is 8.46. The summed E-state index contributed by atoms with van der Waals surface area (Å²) in [6, 6.07) is 1.90. The summed E-state index contributed by atoms with van der Waals surface area (Å²) in [7, 11) is 0. The maximum absolute atomic E-state index is 12.1. The highest BCUT2D eigenvalue weighted by atomic mass is 16.6. The fourth-order valence-corrected chi connectivity index (χ4v) is 2.57. The SMILES string of the molecule is CCOC(=O)c1cn2cc(C3CC3)cc(NC(=O)OC(C)(C)C)c2n1. The van der Waals surface area contributed by atoms with E-state index in [0.29, 0.717) is 17.3 Å². The molecule has 0 aromatic carbocycles. The van der Waals surface area contributed by atoms with Crippen molar-refractivity contribution < 1.29 is 19.1 Å². The van der Waals surface area contributed by atoms with E-state index < -0.39 is 17.7 Å². The van der Waals surface area contributed by atoms with Gasteiger partial charge >= 0.3 is 12.1 Å². The first kappa shape index (κ1) is 17.3. The predicted molar refractivity (Wildman–Crippen MR) is 93.0 cm³/mol. The lowest BCUT2D eigenvalue weighted by atomic mass is 10.2. The number of hydrogen-bond donors (Lipinski definition) is 1. The van der Waals surface area contributed by atoms with E-state index in [2.05, 4.69) is 10.3 Å². The summed E-state index contributed by atoms with van der Waals surface area (Å²) in [6.45, 7) is 7.43. The molecule has 0 unspecified atom stereocenters. The largest absolute Gasteiger partial charge is 0.461 e. The van der Waals surface area contributed by atoms with E-state index in [0.717, 1.165) is 18.4 Å². The predicted octanol–water partition coefficient (Wildman–Crippen LogP) is 3.74. The monoisotopic (exact) mass is 345 g/mol. The molecule has 1 fully saturated rings. The van der Waals surface area contributed by atoms with Crippen molar-refractivity contribution >= 4 is 23.4 Å². The number of nitrogens with zero attached hydrogens (tertiary/aromatic N) is 2. The van der Waals surface area contributed by atoms with Gasteiger partial charge in [0.05, 0.1) is 12.3 Å². The normalized spacial score (nSPS) is 14.4. The second-order valence-electron chi connectivity index (χ2n) is 7.17. The average Bonchev–Trinajstić information content (AvgIpc) is 3.24. The van der Waals surface area contributed by atoms with Gasteiger partial charge in [-0.25, -0.2) is 14.6 Å². The van der Waals surface area contributed by atoms with Crippen LogP contribution < -0.4 is 5.32 Å². The molecule has 1 aliphatic rings. The fraction of sp³-hybridized carbons (Fsp3) is 0.500. The summed E-state index contributed by atoms with van der Waals surface area (Å²) in [4.78, 5) is 28.4. The van der Waals surface area contributed by atoms with Gasteiger partial charge in [-0.05, 0) is 58.1 Å². The fourth-order valence-electron chi connectivity index (χ4n) is 2.57. The molecular formula is C18H23N3O4. The maximum atomic E-state index is 12.1. The molecule has 1 N–H and O–H groups in total. The molecule has 2 aromatic heterocycles. The van der Waals surface area contributed by atoms with Crippen molar-refractivity contribution in [3.05, 3.63) is 29.7 Å². The Labute approximate surface area is 146 Å². The Morgan fingerprint density at radius 2 is 2.04 bits per heavy atom. The molecule has 3 rings (SSSR count). The van der Waals surface area contributed by atoms with Crippen LogP contribution in [0.3, 0.4) is 0 Å². The van der Waals surface area contributed by atoms with Crippen LogP contribution in [0.15, 0.2) is 18.5 Å².